The lowest BCUT2D eigenvalue weighted by Crippen LogP contribution is -2.33. The van der Waals surface area contributed by atoms with E-state index in [0.29, 0.717) is 50.7 Å². The van der Waals surface area contributed by atoms with Crippen LogP contribution in [0.1, 0.15) is 19.3 Å². The lowest BCUT2D eigenvalue weighted by Gasteiger charge is -2.25. The first-order valence-corrected chi connectivity index (χ1v) is 13.9. The van der Waals surface area contributed by atoms with Gasteiger partial charge in [-0.15, -0.1) is 0 Å². The van der Waals surface area contributed by atoms with Crippen LogP contribution in [0.4, 0.5) is 23.3 Å². The van der Waals surface area contributed by atoms with Crippen LogP contribution in [-0.4, -0.2) is 88.1 Å². The third-order valence-corrected chi connectivity index (χ3v) is 7.96. The van der Waals surface area contributed by atoms with E-state index in [1.165, 1.54) is 0 Å². The molecule has 6 rings (SSSR count). The first kappa shape index (κ1) is 27.2. The Balaban J connectivity index is 0.000000158. The molecule has 206 valence electrons. The van der Waals surface area contributed by atoms with Gasteiger partial charge in [0, 0.05) is 44.4 Å². The van der Waals surface area contributed by atoms with Crippen LogP contribution >= 0.6 is 31.9 Å². The Hall–Kier alpha value is -3.34. The number of anilines is 4. The molecule has 0 radical (unpaired) electrons. The van der Waals surface area contributed by atoms with Crippen LogP contribution in [0.15, 0.2) is 45.9 Å². The zero-order valence-electron chi connectivity index (χ0n) is 20.8. The van der Waals surface area contributed by atoms with Crippen LogP contribution in [0.2, 0.25) is 0 Å². The second kappa shape index (κ2) is 11.8. The van der Waals surface area contributed by atoms with E-state index in [0.717, 1.165) is 32.4 Å². The molecule has 2 aliphatic heterocycles. The summed E-state index contributed by atoms with van der Waals surface area (Å²) in [6, 6.07) is 3.67. The van der Waals surface area contributed by atoms with Gasteiger partial charge in [-0.25, -0.2) is 9.36 Å². The molecule has 6 heterocycles. The van der Waals surface area contributed by atoms with E-state index in [9.17, 15) is 10.2 Å². The number of hydrogen-bond donors (Lipinski definition) is 4. The van der Waals surface area contributed by atoms with Crippen molar-refractivity contribution in [1.82, 2.24) is 39.5 Å². The Morgan fingerprint density at radius 3 is 1.95 bits per heavy atom. The zero-order valence-corrected chi connectivity index (χ0v) is 24.0. The molecule has 0 saturated carbocycles. The first-order valence-electron chi connectivity index (χ1n) is 12.3. The summed E-state index contributed by atoms with van der Waals surface area (Å²) < 4.78 is 4.43. The molecule has 4 aromatic heterocycles. The first-order chi connectivity index (χ1) is 18.9. The van der Waals surface area contributed by atoms with Crippen LogP contribution in [0.5, 0.6) is 0 Å². The van der Waals surface area contributed by atoms with E-state index in [1.807, 2.05) is 4.90 Å². The molecular formula is C23H28Br2N12O2. The second-order valence-corrected chi connectivity index (χ2v) is 10.6. The molecular weight excluding hydrogens is 636 g/mol. The predicted octanol–water partition coefficient (Wildman–Crippen LogP) is 1.55. The van der Waals surface area contributed by atoms with E-state index in [4.69, 9.17) is 11.5 Å². The molecule has 1 unspecified atom stereocenters. The van der Waals surface area contributed by atoms with Crippen LogP contribution in [0.3, 0.4) is 0 Å². The summed E-state index contributed by atoms with van der Waals surface area (Å²) in [6.45, 7) is 2.24. The van der Waals surface area contributed by atoms with Gasteiger partial charge in [0.25, 0.3) is 11.9 Å². The number of nitrogen functional groups attached to an aromatic ring is 2. The molecule has 0 aliphatic carbocycles. The van der Waals surface area contributed by atoms with Gasteiger partial charge >= 0.3 is 0 Å². The maximum absolute atomic E-state index is 9.63. The Kier molecular flexibility index (Phi) is 8.25. The molecule has 0 aromatic carbocycles. The molecule has 16 heteroatoms. The van der Waals surface area contributed by atoms with Crippen molar-refractivity contribution in [2.45, 2.75) is 31.4 Å². The average molecular weight is 664 g/mol. The fourth-order valence-corrected chi connectivity index (χ4v) is 5.33. The fraction of sp³-hybridized carbons (Fsp3) is 0.391. The number of hydrogen-bond acceptors (Lipinski definition) is 12. The number of aliphatic hydroxyl groups excluding tert-OH is 2. The van der Waals surface area contributed by atoms with Gasteiger partial charge in [-0.05, 0) is 63.3 Å². The van der Waals surface area contributed by atoms with Gasteiger partial charge in [0.05, 0.1) is 18.8 Å². The summed E-state index contributed by atoms with van der Waals surface area (Å²) in [6.07, 6.45) is 9.21. The van der Waals surface area contributed by atoms with E-state index in [1.54, 1.807) is 46.3 Å². The molecule has 4 aromatic rings. The van der Waals surface area contributed by atoms with Gasteiger partial charge in [-0.1, -0.05) is 0 Å². The fourth-order valence-electron chi connectivity index (χ4n) is 4.50. The van der Waals surface area contributed by atoms with Crippen molar-refractivity contribution in [1.29, 1.82) is 0 Å². The number of nitrogens with zero attached hydrogens (tertiary/aromatic N) is 10. The number of rotatable bonds is 5. The van der Waals surface area contributed by atoms with Gasteiger partial charge in [0.2, 0.25) is 0 Å². The summed E-state index contributed by atoms with van der Waals surface area (Å²) >= 11 is 6.85. The SMILES string of the molecule is Nc1nc(-n2cccn2)nc(N2CCC(O)C2)c1Br.Nc1nc(-n2cccn2)nc(N2CCC[C@H]2CO)c1Br. The van der Waals surface area contributed by atoms with E-state index >= 15 is 0 Å². The number of halogens is 2. The molecule has 2 atom stereocenters. The summed E-state index contributed by atoms with van der Waals surface area (Å²) in [4.78, 5) is 21.5. The minimum Gasteiger partial charge on any atom is -0.394 e. The van der Waals surface area contributed by atoms with Crippen molar-refractivity contribution in [2.75, 3.05) is 47.5 Å². The van der Waals surface area contributed by atoms with Gasteiger partial charge < -0.3 is 31.5 Å². The molecule has 14 nitrogen and oxygen atoms in total. The lowest BCUT2D eigenvalue weighted by molar-refractivity contribution is 0.198. The third kappa shape index (κ3) is 5.83. The largest absolute Gasteiger partial charge is 0.394 e. The van der Waals surface area contributed by atoms with Gasteiger partial charge in [0.1, 0.15) is 20.6 Å². The lowest BCUT2D eigenvalue weighted by atomic mass is 10.2. The van der Waals surface area contributed by atoms with Crippen molar-refractivity contribution >= 4 is 55.1 Å². The van der Waals surface area contributed by atoms with E-state index in [2.05, 4.69) is 66.9 Å². The monoisotopic (exact) mass is 662 g/mol. The molecule has 2 fully saturated rings. The van der Waals surface area contributed by atoms with Crippen molar-refractivity contribution < 1.29 is 10.2 Å². The third-order valence-electron chi connectivity index (χ3n) is 6.44. The van der Waals surface area contributed by atoms with Crippen LogP contribution in [0, 0.1) is 0 Å². The highest BCUT2D eigenvalue weighted by Gasteiger charge is 2.28. The van der Waals surface area contributed by atoms with Crippen LogP contribution in [-0.2, 0) is 0 Å². The molecule has 2 saturated heterocycles. The quantitative estimate of drug-likeness (QED) is 0.242. The van der Waals surface area contributed by atoms with E-state index in [-0.39, 0.29) is 18.8 Å². The number of β-amino-alcohol motifs (C(OH)–C–C–N with tert-alkyl or cyclic N) is 1. The minimum absolute atomic E-state index is 0.0751. The molecule has 0 bridgehead atoms. The Labute approximate surface area is 240 Å². The maximum atomic E-state index is 9.63. The summed E-state index contributed by atoms with van der Waals surface area (Å²) in [5.41, 5.74) is 11.9. The summed E-state index contributed by atoms with van der Waals surface area (Å²) in [5, 5.41) is 27.3. The van der Waals surface area contributed by atoms with Crippen LogP contribution < -0.4 is 21.3 Å². The highest BCUT2D eigenvalue weighted by Crippen LogP contribution is 2.34. The summed E-state index contributed by atoms with van der Waals surface area (Å²) in [7, 11) is 0. The molecule has 39 heavy (non-hydrogen) atoms. The smallest absolute Gasteiger partial charge is 0.254 e. The van der Waals surface area contributed by atoms with Crippen molar-refractivity contribution in [3.63, 3.8) is 0 Å². The Bertz CT molecular complexity index is 1400. The van der Waals surface area contributed by atoms with Gasteiger partial charge in [-0.2, -0.15) is 30.1 Å². The topological polar surface area (TPSA) is 186 Å². The molecule has 2 aliphatic rings. The maximum Gasteiger partial charge on any atom is 0.254 e. The van der Waals surface area contributed by atoms with Crippen LogP contribution in [0.25, 0.3) is 11.9 Å². The molecule has 0 spiro atoms. The van der Waals surface area contributed by atoms with Crippen molar-refractivity contribution in [3.05, 3.63) is 45.9 Å². The van der Waals surface area contributed by atoms with Gasteiger partial charge in [-0.3, -0.25) is 0 Å². The standard InChI is InChI=1S/C12H15BrN6O.C11H13BrN6O/c13-9-10(14)16-12(19-6-2-4-15-19)17-11(9)18-5-1-3-8(18)7-20;12-8-9(13)15-11(18-4-1-3-14-18)16-10(8)17-5-2-7(19)6-17/h2,4,6,8,20H,1,3,5,7H2,(H2,14,16,17);1,3-4,7,19H,2,5-6H2,(H2,13,15,16)/t8-;/m0./s1. The molecule has 0 amide bonds. The number of nitrogens with two attached hydrogens (primary N) is 2. The minimum atomic E-state index is -0.323. The van der Waals surface area contributed by atoms with Crippen molar-refractivity contribution in [2.24, 2.45) is 0 Å². The Morgan fingerprint density at radius 2 is 1.44 bits per heavy atom. The Morgan fingerprint density at radius 1 is 0.846 bits per heavy atom. The number of aromatic nitrogens is 8. The van der Waals surface area contributed by atoms with E-state index < -0.39 is 0 Å². The average Bonchev–Trinajstić information content (AvgIpc) is 3.75. The van der Waals surface area contributed by atoms with Gasteiger partial charge in [0.15, 0.2) is 11.6 Å². The normalized spacial score (nSPS) is 18.9. The van der Waals surface area contributed by atoms with Crippen molar-refractivity contribution in [3.8, 4) is 11.9 Å². The summed E-state index contributed by atoms with van der Waals surface area (Å²) in [5.74, 6) is 2.96. The predicted molar refractivity (Wildman–Crippen MR) is 153 cm³/mol. The highest BCUT2D eigenvalue weighted by atomic mass is 79.9. The number of aliphatic hydroxyl groups is 2. The highest BCUT2D eigenvalue weighted by molar-refractivity contribution is 9.11. The molecule has 6 N–H and O–H groups in total. The second-order valence-electron chi connectivity index (χ2n) is 9.05. The zero-order chi connectivity index (χ0) is 27.5.